The molecular formula is C16H26N2OS. The van der Waals surface area contributed by atoms with Gasteiger partial charge in [-0.1, -0.05) is 39.2 Å². The van der Waals surface area contributed by atoms with E-state index in [0.717, 1.165) is 6.42 Å². The SMILES string of the molecule is CCC(C)C(N)C(=O)NC(c1cccs1)C1CCCC1. The van der Waals surface area contributed by atoms with Crippen LogP contribution in [-0.2, 0) is 4.79 Å². The summed E-state index contributed by atoms with van der Waals surface area (Å²) >= 11 is 1.73. The lowest BCUT2D eigenvalue weighted by atomic mass is 9.94. The average Bonchev–Trinajstić information content (AvgIpc) is 3.15. The van der Waals surface area contributed by atoms with Gasteiger partial charge in [-0.25, -0.2) is 0 Å². The standard InChI is InChI=1S/C16H26N2OS/c1-3-11(2)14(17)16(19)18-15(12-7-4-5-8-12)13-9-6-10-20-13/h6,9-12,14-15H,3-5,7-8,17H2,1-2H3,(H,18,19). The van der Waals surface area contributed by atoms with Gasteiger partial charge in [-0.3, -0.25) is 4.79 Å². The molecule has 0 spiro atoms. The van der Waals surface area contributed by atoms with E-state index < -0.39 is 6.04 Å². The molecule has 1 aromatic rings. The Morgan fingerprint density at radius 3 is 2.75 bits per heavy atom. The second-order valence-electron chi connectivity index (χ2n) is 5.96. The van der Waals surface area contributed by atoms with Crippen molar-refractivity contribution < 1.29 is 4.79 Å². The minimum Gasteiger partial charge on any atom is -0.347 e. The van der Waals surface area contributed by atoms with Crippen molar-refractivity contribution in [2.75, 3.05) is 0 Å². The van der Waals surface area contributed by atoms with E-state index >= 15 is 0 Å². The lowest BCUT2D eigenvalue weighted by Gasteiger charge is -2.27. The molecule has 1 saturated carbocycles. The molecule has 3 N–H and O–H groups in total. The maximum absolute atomic E-state index is 12.4. The number of nitrogens with one attached hydrogen (secondary N) is 1. The molecule has 0 aromatic carbocycles. The van der Waals surface area contributed by atoms with Gasteiger partial charge < -0.3 is 11.1 Å². The second-order valence-corrected chi connectivity index (χ2v) is 6.94. The molecule has 1 amide bonds. The van der Waals surface area contributed by atoms with Gasteiger partial charge in [0.05, 0.1) is 12.1 Å². The number of carbonyl (C=O) groups excluding carboxylic acids is 1. The number of nitrogens with two attached hydrogens (primary N) is 1. The van der Waals surface area contributed by atoms with Crippen LogP contribution in [0.3, 0.4) is 0 Å². The number of carbonyl (C=O) groups is 1. The van der Waals surface area contributed by atoms with E-state index in [0.29, 0.717) is 5.92 Å². The lowest BCUT2D eigenvalue weighted by molar-refractivity contribution is -0.124. The normalized spacial score (nSPS) is 20.6. The lowest BCUT2D eigenvalue weighted by Crippen LogP contribution is -2.46. The summed E-state index contributed by atoms with van der Waals surface area (Å²) in [7, 11) is 0. The fourth-order valence-corrected chi connectivity index (χ4v) is 3.81. The molecule has 3 unspecified atom stereocenters. The highest BCUT2D eigenvalue weighted by atomic mass is 32.1. The quantitative estimate of drug-likeness (QED) is 0.844. The predicted octanol–water partition coefficient (Wildman–Crippen LogP) is 3.47. The van der Waals surface area contributed by atoms with Gasteiger partial charge in [-0.2, -0.15) is 0 Å². The third-order valence-corrected chi connectivity index (χ3v) is 5.53. The van der Waals surface area contributed by atoms with Gasteiger partial charge in [0.15, 0.2) is 0 Å². The van der Waals surface area contributed by atoms with Gasteiger partial charge in [0.1, 0.15) is 0 Å². The Morgan fingerprint density at radius 1 is 1.50 bits per heavy atom. The minimum absolute atomic E-state index is 0.00431. The summed E-state index contributed by atoms with van der Waals surface area (Å²) in [5.41, 5.74) is 6.06. The summed E-state index contributed by atoms with van der Waals surface area (Å²) < 4.78 is 0. The van der Waals surface area contributed by atoms with Crippen LogP contribution in [0.2, 0.25) is 0 Å². The molecule has 1 aromatic heterocycles. The van der Waals surface area contributed by atoms with Crippen molar-refractivity contribution in [3.05, 3.63) is 22.4 Å². The molecule has 0 radical (unpaired) electrons. The Kier molecular flexibility index (Phi) is 5.61. The van der Waals surface area contributed by atoms with Gasteiger partial charge in [-0.15, -0.1) is 11.3 Å². The van der Waals surface area contributed by atoms with Crippen LogP contribution < -0.4 is 11.1 Å². The molecule has 0 bridgehead atoms. The molecule has 1 fully saturated rings. The zero-order chi connectivity index (χ0) is 14.5. The third-order valence-electron chi connectivity index (χ3n) is 4.58. The molecule has 2 rings (SSSR count). The van der Waals surface area contributed by atoms with Crippen LogP contribution in [0, 0.1) is 11.8 Å². The van der Waals surface area contributed by atoms with E-state index in [2.05, 4.69) is 29.8 Å². The molecule has 1 aliphatic rings. The van der Waals surface area contributed by atoms with Crippen molar-refractivity contribution in [1.29, 1.82) is 0 Å². The van der Waals surface area contributed by atoms with Crippen molar-refractivity contribution in [1.82, 2.24) is 5.32 Å². The second kappa shape index (κ2) is 7.23. The Bertz CT molecular complexity index is 412. The molecule has 0 saturated heterocycles. The van der Waals surface area contributed by atoms with Crippen molar-refractivity contribution in [3.8, 4) is 0 Å². The van der Waals surface area contributed by atoms with Gasteiger partial charge in [0.25, 0.3) is 0 Å². The van der Waals surface area contributed by atoms with Crippen LogP contribution >= 0.6 is 11.3 Å². The topological polar surface area (TPSA) is 55.1 Å². The molecule has 3 nitrogen and oxygen atoms in total. The Hall–Kier alpha value is -0.870. The summed E-state index contributed by atoms with van der Waals surface area (Å²) in [5, 5.41) is 5.30. The minimum atomic E-state index is -0.399. The molecule has 1 aliphatic carbocycles. The number of amides is 1. The monoisotopic (exact) mass is 294 g/mol. The van der Waals surface area contributed by atoms with E-state index in [4.69, 9.17) is 5.73 Å². The fraction of sp³-hybridized carbons (Fsp3) is 0.688. The maximum atomic E-state index is 12.4. The maximum Gasteiger partial charge on any atom is 0.237 e. The highest BCUT2D eigenvalue weighted by Crippen LogP contribution is 2.37. The molecule has 0 aliphatic heterocycles. The van der Waals surface area contributed by atoms with Crippen LogP contribution in [0.25, 0.3) is 0 Å². The van der Waals surface area contributed by atoms with E-state index in [1.165, 1.54) is 30.6 Å². The van der Waals surface area contributed by atoms with E-state index in [1.54, 1.807) is 11.3 Å². The zero-order valence-corrected chi connectivity index (χ0v) is 13.3. The van der Waals surface area contributed by atoms with Gasteiger partial charge in [0.2, 0.25) is 5.91 Å². The zero-order valence-electron chi connectivity index (χ0n) is 12.5. The summed E-state index contributed by atoms with van der Waals surface area (Å²) in [6.45, 7) is 4.12. The molecular weight excluding hydrogens is 268 g/mol. The van der Waals surface area contributed by atoms with Crippen molar-refractivity contribution >= 4 is 17.2 Å². The first-order valence-corrected chi connectivity index (χ1v) is 8.60. The Labute approximate surface area is 125 Å². The molecule has 1 heterocycles. The highest BCUT2D eigenvalue weighted by Gasteiger charge is 2.30. The van der Waals surface area contributed by atoms with Gasteiger partial charge in [0, 0.05) is 4.88 Å². The first kappa shape index (κ1) is 15.5. The van der Waals surface area contributed by atoms with Crippen LogP contribution in [0.4, 0.5) is 0 Å². The molecule has 3 atom stereocenters. The van der Waals surface area contributed by atoms with Crippen LogP contribution in [0.5, 0.6) is 0 Å². The smallest absolute Gasteiger partial charge is 0.237 e. The molecule has 112 valence electrons. The Morgan fingerprint density at radius 2 is 2.20 bits per heavy atom. The summed E-state index contributed by atoms with van der Waals surface area (Å²) in [6.07, 6.45) is 5.91. The van der Waals surface area contributed by atoms with Crippen LogP contribution in [0.15, 0.2) is 17.5 Å². The van der Waals surface area contributed by atoms with Crippen molar-refractivity contribution in [2.45, 2.75) is 58.0 Å². The predicted molar refractivity (Wildman–Crippen MR) is 84.6 cm³/mol. The van der Waals surface area contributed by atoms with E-state index in [-0.39, 0.29) is 17.9 Å². The average molecular weight is 294 g/mol. The van der Waals surface area contributed by atoms with E-state index in [1.807, 2.05) is 6.92 Å². The summed E-state index contributed by atoms with van der Waals surface area (Å²) in [4.78, 5) is 13.6. The van der Waals surface area contributed by atoms with Crippen molar-refractivity contribution in [2.24, 2.45) is 17.6 Å². The van der Waals surface area contributed by atoms with Gasteiger partial charge >= 0.3 is 0 Å². The van der Waals surface area contributed by atoms with Crippen LogP contribution in [-0.4, -0.2) is 11.9 Å². The number of hydrogen-bond acceptors (Lipinski definition) is 3. The molecule has 4 heteroatoms. The largest absolute Gasteiger partial charge is 0.347 e. The van der Waals surface area contributed by atoms with Crippen molar-refractivity contribution in [3.63, 3.8) is 0 Å². The first-order chi connectivity index (χ1) is 9.63. The summed E-state index contributed by atoms with van der Waals surface area (Å²) in [5.74, 6) is 0.800. The number of hydrogen-bond donors (Lipinski definition) is 2. The first-order valence-electron chi connectivity index (χ1n) is 7.72. The summed E-state index contributed by atoms with van der Waals surface area (Å²) in [6, 6.07) is 3.94. The Balaban J connectivity index is 2.06. The number of rotatable bonds is 6. The highest BCUT2D eigenvalue weighted by molar-refractivity contribution is 7.10. The van der Waals surface area contributed by atoms with Crippen LogP contribution in [0.1, 0.15) is 56.9 Å². The molecule has 20 heavy (non-hydrogen) atoms. The van der Waals surface area contributed by atoms with E-state index in [9.17, 15) is 4.79 Å². The van der Waals surface area contributed by atoms with Gasteiger partial charge in [-0.05, 0) is 36.1 Å². The number of thiophene rings is 1. The third kappa shape index (κ3) is 3.61. The fourth-order valence-electron chi connectivity index (χ4n) is 2.94.